The largest absolute Gasteiger partial charge is 0.461 e. The number of nitrogens with one attached hydrogen (secondary N) is 1. The molecule has 1 aliphatic carbocycles. The molecule has 0 radical (unpaired) electrons. The van der Waals surface area contributed by atoms with E-state index in [-0.39, 0.29) is 66.9 Å². The summed E-state index contributed by atoms with van der Waals surface area (Å²) in [6.45, 7) is 4.30. The normalized spacial score (nSPS) is 25.1. The number of nitrogen functional groups attached to an aromatic ring is 1. The van der Waals surface area contributed by atoms with Gasteiger partial charge in [0.05, 0.1) is 21.5 Å². The summed E-state index contributed by atoms with van der Waals surface area (Å²) < 4.78 is 55.1. The van der Waals surface area contributed by atoms with E-state index < -0.39 is 28.9 Å². The highest BCUT2D eigenvalue weighted by Crippen LogP contribution is 2.46. The van der Waals surface area contributed by atoms with E-state index >= 15 is 8.78 Å². The van der Waals surface area contributed by atoms with Crippen LogP contribution in [-0.4, -0.2) is 77.0 Å². The van der Waals surface area contributed by atoms with Crippen LogP contribution in [0.15, 0.2) is 16.9 Å². The molecule has 4 aromatic rings. The van der Waals surface area contributed by atoms with Gasteiger partial charge in [0.1, 0.15) is 46.4 Å². The molecule has 10 nitrogen and oxygen atoms in total. The molecule has 14 heteroatoms. The van der Waals surface area contributed by atoms with Crippen LogP contribution < -0.4 is 26.2 Å². The van der Waals surface area contributed by atoms with Crippen molar-refractivity contribution in [3.05, 3.63) is 39.7 Å². The number of aromatic nitrogens is 3. The minimum Gasteiger partial charge on any atom is -0.461 e. The molecule has 0 amide bonds. The molecule has 3 aromatic heterocycles. The van der Waals surface area contributed by atoms with Crippen LogP contribution in [0.2, 0.25) is 0 Å². The molecule has 1 saturated carbocycles. The number of hydrogen-bond acceptors (Lipinski definition) is 10. The summed E-state index contributed by atoms with van der Waals surface area (Å²) in [5.74, 6) is -1.01. The highest BCUT2D eigenvalue weighted by Gasteiger charge is 2.49. The number of halogens is 3. The first-order valence-corrected chi connectivity index (χ1v) is 18.1. The topological polar surface area (TPSA) is 125 Å². The van der Waals surface area contributed by atoms with Crippen LogP contribution in [0.3, 0.4) is 0 Å². The van der Waals surface area contributed by atoms with Crippen molar-refractivity contribution in [2.75, 3.05) is 56.5 Å². The van der Waals surface area contributed by atoms with Crippen LogP contribution >= 0.6 is 11.3 Å². The summed E-state index contributed by atoms with van der Waals surface area (Å²) in [6.07, 6.45) is 5.43. The van der Waals surface area contributed by atoms with Crippen molar-refractivity contribution in [1.29, 1.82) is 5.26 Å². The van der Waals surface area contributed by atoms with E-state index in [0.29, 0.717) is 44.7 Å². The molecule has 5 fully saturated rings. The Morgan fingerprint density at radius 1 is 1.12 bits per heavy atom. The monoisotopic (exact) mass is 690 g/mol. The summed E-state index contributed by atoms with van der Waals surface area (Å²) in [5.41, 5.74) is 5.28. The number of rotatable bonds is 6. The lowest BCUT2D eigenvalue weighted by Crippen LogP contribution is -2.58. The Bertz CT molecular complexity index is 2120. The Morgan fingerprint density at radius 3 is 2.71 bits per heavy atom. The van der Waals surface area contributed by atoms with Gasteiger partial charge in [-0.3, -0.25) is 9.69 Å². The van der Waals surface area contributed by atoms with Crippen molar-refractivity contribution in [2.24, 2.45) is 5.41 Å². The van der Waals surface area contributed by atoms with Crippen molar-refractivity contribution in [1.82, 2.24) is 24.8 Å². The zero-order valence-corrected chi connectivity index (χ0v) is 27.9. The predicted octanol–water partition coefficient (Wildman–Crippen LogP) is 5.28. The van der Waals surface area contributed by atoms with Crippen LogP contribution in [0.1, 0.15) is 63.0 Å². The van der Waals surface area contributed by atoms with Gasteiger partial charge in [-0.1, -0.05) is 6.42 Å². The van der Waals surface area contributed by atoms with Crippen molar-refractivity contribution in [2.45, 2.75) is 69.1 Å². The molecule has 0 bridgehead atoms. The summed E-state index contributed by atoms with van der Waals surface area (Å²) >= 11 is 0.923. The number of ether oxygens (including phenoxy) is 1. The number of pyridine rings is 1. The molecule has 1 spiro atoms. The average Bonchev–Trinajstić information content (AvgIpc) is 3.71. The molecule has 3 N–H and O–H groups in total. The van der Waals surface area contributed by atoms with Gasteiger partial charge in [-0.25, -0.2) is 13.2 Å². The molecule has 2 atom stereocenters. The van der Waals surface area contributed by atoms with E-state index in [0.717, 1.165) is 63.1 Å². The van der Waals surface area contributed by atoms with Crippen LogP contribution in [0.5, 0.6) is 6.01 Å². The van der Waals surface area contributed by atoms with E-state index in [1.54, 1.807) is 0 Å². The number of anilines is 2. The number of alkyl halides is 1. The van der Waals surface area contributed by atoms with E-state index in [2.05, 4.69) is 26.2 Å². The highest BCUT2D eigenvalue weighted by molar-refractivity contribution is 7.23. The Morgan fingerprint density at radius 2 is 1.96 bits per heavy atom. The highest BCUT2D eigenvalue weighted by atomic mass is 32.1. The van der Waals surface area contributed by atoms with Gasteiger partial charge in [-0.05, 0) is 57.2 Å². The lowest BCUT2D eigenvalue weighted by Gasteiger charge is -2.44. The number of hydrogen-bond donors (Lipinski definition) is 2. The molecular formula is C35H37F3N8O2S. The smallest absolute Gasteiger partial charge is 0.319 e. The van der Waals surface area contributed by atoms with Gasteiger partial charge in [0.25, 0.3) is 5.56 Å². The van der Waals surface area contributed by atoms with E-state index in [1.165, 1.54) is 16.7 Å². The maximum atomic E-state index is 17.5. The minimum atomic E-state index is -0.945. The molecule has 256 valence electrons. The Labute approximate surface area is 284 Å². The Hall–Kier alpha value is -3.93. The second kappa shape index (κ2) is 11.3. The van der Waals surface area contributed by atoms with Crippen molar-refractivity contribution < 1.29 is 17.9 Å². The Kier molecular flexibility index (Phi) is 7.17. The molecule has 7 heterocycles. The van der Waals surface area contributed by atoms with Crippen LogP contribution in [-0.2, 0) is 0 Å². The molecule has 4 aliphatic heterocycles. The van der Waals surface area contributed by atoms with Crippen LogP contribution in [0.4, 0.5) is 24.0 Å². The number of nitriles is 1. The van der Waals surface area contributed by atoms with Crippen LogP contribution in [0, 0.1) is 28.4 Å². The molecule has 0 unspecified atom stereocenters. The fourth-order valence-corrected chi connectivity index (χ4v) is 9.86. The van der Waals surface area contributed by atoms with Gasteiger partial charge in [0.2, 0.25) is 0 Å². The third-order valence-electron chi connectivity index (χ3n) is 11.5. The molecule has 1 aromatic carbocycles. The molecule has 49 heavy (non-hydrogen) atoms. The number of nitrogens with zero attached hydrogens (tertiary/aromatic N) is 6. The zero-order valence-electron chi connectivity index (χ0n) is 27.0. The van der Waals surface area contributed by atoms with Gasteiger partial charge in [0, 0.05) is 61.6 Å². The zero-order chi connectivity index (χ0) is 33.7. The summed E-state index contributed by atoms with van der Waals surface area (Å²) in [5, 5.41) is 13.8. The number of fused-ring (bicyclic) bond motifs is 3. The summed E-state index contributed by atoms with van der Waals surface area (Å²) in [6, 6.07) is 4.35. The third-order valence-corrected chi connectivity index (χ3v) is 12.5. The third kappa shape index (κ3) is 4.83. The number of nitrogens with two attached hydrogens (primary N) is 1. The first-order chi connectivity index (χ1) is 23.7. The number of benzene rings is 1. The van der Waals surface area contributed by atoms with Gasteiger partial charge >= 0.3 is 6.01 Å². The fourth-order valence-electron chi connectivity index (χ4n) is 8.91. The second-order valence-corrected chi connectivity index (χ2v) is 15.8. The van der Waals surface area contributed by atoms with E-state index in [1.807, 2.05) is 0 Å². The first-order valence-electron chi connectivity index (χ1n) is 17.3. The first kappa shape index (κ1) is 31.1. The molecular weight excluding hydrogens is 654 g/mol. The quantitative estimate of drug-likeness (QED) is 0.278. The SMILES string of the molecule is N#Cc1c(N)sc2c(F)ccc(-c3c(F)c4nc(OC[C@@]56CCCN5C[C@H](F)C6)nc(N5CCCCC6(CNC6)C5)c4c(=O)n3C3CC3)c12. The van der Waals surface area contributed by atoms with E-state index in [4.69, 9.17) is 15.5 Å². The minimum absolute atomic E-state index is 0.0262. The Balaban J connectivity index is 1.27. The van der Waals surface area contributed by atoms with Gasteiger partial charge < -0.3 is 25.3 Å². The van der Waals surface area contributed by atoms with Crippen molar-refractivity contribution >= 4 is 43.1 Å². The van der Waals surface area contributed by atoms with E-state index in [9.17, 15) is 14.4 Å². The predicted molar refractivity (Wildman–Crippen MR) is 182 cm³/mol. The maximum absolute atomic E-state index is 17.5. The second-order valence-electron chi connectivity index (χ2n) is 14.7. The van der Waals surface area contributed by atoms with Crippen molar-refractivity contribution in [3.8, 4) is 23.3 Å². The summed E-state index contributed by atoms with van der Waals surface area (Å²) in [7, 11) is 0. The molecule has 5 aliphatic rings. The maximum Gasteiger partial charge on any atom is 0.319 e. The van der Waals surface area contributed by atoms with Crippen molar-refractivity contribution in [3.63, 3.8) is 0 Å². The average molecular weight is 691 g/mol. The summed E-state index contributed by atoms with van der Waals surface area (Å²) in [4.78, 5) is 28.5. The van der Waals surface area contributed by atoms with Crippen LogP contribution in [0.25, 0.3) is 32.2 Å². The van der Waals surface area contributed by atoms with Gasteiger partial charge in [0.15, 0.2) is 5.82 Å². The van der Waals surface area contributed by atoms with Gasteiger partial charge in [-0.2, -0.15) is 15.2 Å². The molecule has 9 rings (SSSR count). The number of thiophene rings is 1. The lowest BCUT2D eigenvalue weighted by molar-refractivity contribution is 0.107. The van der Waals surface area contributed by atoms with Gasteiger partial charge in [-0.15, -0.1) is 11.3 Å². The fraction of sp³-hybridized carbons (Fsp3) is 0.543. The molecule has 4 saturated heterocycles. The standard InChI is InChI=1S/C35H37F3N8O2S/c36-19-12-35(9-3-11-45(35)14-19)18-48-33-42-27-25(31(43-33)44-10-2-1-8-34(17-44)15-41-16-34)32(47)46(20-4-5-20)28(26(27)38)21-6-7-23(37)29-24(21)22(13-39)30(40)49-29/h6-7,19-20,41H,1-5,8-12,14-18,40H2/t19-,35+/m1/s1. The lowest BCUT2D eigenvalue weighted by atomic mass is 9.77.